The van der Waals surface area contributed by atoms with E-state index in [9.17, 15) is 9.59 Å². The number of aromatic amines is 1. The molecule has 7 heteroatoms. The smallest absolute Gasteiger partial charge is 0.335 e. The third-order valence-corrected chi connectivity index (χ3v) is 3.50. The van der Waals surface area contributed by atoms with Crippen molar-refractivity contribution in [2.45, 2.75) is 11.6 Å². The number of aromatic carboxylic acids is 1. The first-order chi connectivity index (χ1) is 10.1. The van der Waals surface area contributed by atoms with Crippen molar-refractivity contribution in [1.82, 2.24) is 9.97 Å². The molecule has 1 heterocycles. The maximum Gasteiger partial charge on any atom is 0.335 e. The molecule has 0 amide bonds. The molecule has 0 atom stereocenters. The number of carboxylic acid groups (broad SMARTS) is 1. The average Bonchev–Trinajstić information content (AvgIpc) is 2.47. The van der Waals surface area contributed by atoms with E-state index in [1.807, 2.05) is 0 Å². The minimum Gasteiger partial charge on any atom is -0.494 e. The summed E-state index contributed by atoms with van der Waals surface area (Å²) in [6, 6.07) is 7.73. The SMILES string of the molecule is O=C(O)c1cccc(OCCCSc2nccc(=O)[nH]2)c1. The maximum absolute atomic E-state index is 11.1. The number of nitrogens with one attached hydrogen (secondary N) is 1. The van der Waals surface area contributed by atoms with Crippen LogP contribution in [0.2, 0.25) is 0 Å². The summed E-state index contributed by atoms with van der Waals surface area (Å²) >= 11 is 1.44. The molecular formula is C14H14N2O4S. The van der Waals surface area contributed by atoms with Crippen LogP contribution in [0.15, 0.2) is 46.5 Å². The maximum atomic E-state index is 11.1. The van der Waals surface area contributed by atoms with Gasteiger partial charge in [0.05, 0.1) is 12.2 Å². The van der Waals surface area contributed by atoms with Crippen LogP contribution >= 0.6 is 11.8 Å². The van der Waals surface area contributed by atoms with Crippen LogP contribution in [0, 0.1) is 0 Å². The van der Waals surface area contributed by atoms with Crippen molar-refractivity contribution in [1.29, 1.82) is 0 Å². The third kappa shape index (κ3) is 4.96. The number of hydrogen-bond acceptors (Lipinski definition) is 5. The van der Waals surface area contributed by atoms with E-state index in [4.69, 9.17) is 9.84 Å². The molecule has 1 aromatic carbocycles. The summed E-state index contributed by atoms with van der Waals surface area (Å²) in [5.41, 5.74) is 0.0298. The van der Waals surface area contributed by atoms with Crippen molar-refractivity contribution in [2.75, 3.05) is 12.4 Å². The monoisotopic (exact) mass is 306 g/mol. The van der Waals surface area contributed by atoms with Crippen LogP contribution in [0.4, 0.5) is 0 Å². The molecule has 110 valence electrons. The van der Waals surface area contributed by atoms with Crippen LogP contribution in [-0.4, -0.2) is 33.4 Å². The molecule has 0 aliphatic heterocycles. The molecule has 2 aromatic rings. The highest BCUT2D eigenvalue weighted by atomic mass is 32.2. The van der Waals surface area contributed by atoms with Gasteiger partial charge in [0.2, 0.25) is 0 Å². The number of nitrogens with zero attached hydrogens (tertiary/aromatic N) is 1. The van der Waals surface area contributed by atoms with Crippen molar-refractivity contribution in [3.8, 4) is 5.75 Å². The molecule has 0 fully saturated rings. The first kappa shape index (κ1) is 15.1. The van der Waals surface area contributed by atoms with Crippen LogP contribution in [0.25, 0.3) is 0 Å². The number of carboxylic acids is 1. The number of hydrogen-bond donors (Lipinski definition) is 2. The second-order valence-corrected chi connectivity index (χ2v) is 5.21. The molecule has 0 unspecified atom stereocenters. The number of thioether (sulfide) groups is 1. The minimum absolute atomic E-state index is 0.172. The van der Waals surface area contributed by atoms with Gasteiger partial charge < -0.3 is 14.8 Å². The highest BCUT2D eigenvalue weighted by molar-refractivity contribution is 7.99. The van der Waals surface area contributed by atoms with E-state index in [0.29, 0.717) is 17.5 Å². The summed E-state index contributed by atoms with van der Waals surface area (Å²) in [4.78, 5) is 28.5. The zero-order valence-corrected chi connectivity index (χ0v) is 11.9. The minimum atomic E-state index is -0.977. The number of ether oxygens (including phenoxy) is 1. The van der Waals surface area contributed by atoms with Crippen molar-refractivity contribution in [3.05, 3.63) is 52.4 Å². The van der Waals surface area contributed by atoms with E-state index < -0.39 is 5.97 Å². The van der Waals surface area contributed by atoms with Crippen LogP contribution in [-0.2, 0) is 0 Å². The Kier molecular flexibility index (Phi) is 5.39. The van der Waals surface area contributed by atoms with Crippen molar-refractivity contribution < 1.29 is 14.6 Å². The van der Waals surface area contributed by atoms with E-state index in [0.717, 1.165) is 12.2 Å². The Balaban J connectivity index is 1.73. The predicted molar refractivity (Wildman–Crippen MR) is 79.1 cm³/mol. The average molecular weight is 306 g/mol. The standard InChI is InChI=1S/C14H14N2O4S/c17-12-5-6-15-14(16-12)21-8-2-7-20-11-4-1-3-10(9-11)13(18)19/h1,3-6,9H,2,7-8H2,(H,18,19)(H,15,16,17). The Labute approximate surface area is 125 Å². The zero-order chi connectivity index (χ0) is 15.1. The van der Waals surface area contributed by atoms with Crippen LogP contribution < -0.4 is 10.3 Å². The number of benzene rings is 1. The molecule has 1 aromatic heterocycles. The van der Waals surface area contributed by atoms with Crippen molar-refractivity contribution >= 4 is 17.7 Å². The lowest BCUT2D eigenvalue weighted by atomic mass is 10.2. The molecule has 0 spiro atoms. The van der Waals surface area contributed by atoms with Crippen molar-refractivity contribution in [3.63, 3.8) is 0 Å². The van der Waals surface area contributed by atoms with Gasteiger partial charge in [-0.05, 0) is 24.6 Å². The highest BCUT2D eigenvalue weighted by Gasteiger charge is 2.03. The molecule has 0 aliphatic carbocycles. The van der Waals surface area contributed by atoms with Crippen LogP contribution in [0.1, 0.15) is 16.8 Å². The van der Waals surface area contributed by atoms with Gasteiger partial charge in [-0.15, -0.1) is 0 Å². The molecule has 6 nitrogen and oxygen atoms in total. The van der Waals surface area contributed by atoms with Gasteiger partial charge in [0, 0.05) is 18.0 Å². The van der Waals surface area contributed by atoms with Gasteiger partial charge in [0.15, 0.2) is 5.16 Å². The summed E-state index contributed by atoms with van der Waals surface area (Å²) in [6.45, 7) is 0.465. The Bertz CT molecular complexity index is 672. The number of aromatic nitrogens is 2. The van der Waals surface area contributed by atoms with E-state index in [1.165, 1.54) is 36.2 Å². The Hall–Kier alpha value is -2.28. The Morgan fingerprint density at radius 2 is 2.24 bits per heavy atom. The van der Waals surface area contributed by atoms with Gasteiger partial charge in [-0.2, -0.15) is 0 Å². The Morgan fingerprint density at radius 3 is 3.00 bits per heavy atom. The summed E-state index contributed by atoms with van der Waals surface area (Å²) < 4.78 is 5.49. The lowest BCUT2D eigenvalue weighted by Gasteiger charge is -2.06. The predicted octanol–water partition coefficient (Wildman–Crippen LogP) is 2.03. The highest BCUT2D eigenvalue weighted by Crippen LogP contribution is 2.15. The van der Waals surface area contributed by atoms with E-state index in [-0.39, 0.29) is 11.1 Å². The lowest BCUT2D eigenvalue weighted by molar-refractivity contribution is 0.0696. The first-order valence-electron chi connectivity index (χ1n) is 6.29. The fourth-order valence-electron chi connectivity index (χ4n) is 1.56. The third-order valence-electron chi connectivity index (χ3n) is 2.53. The molecule has 2 N–H and O–H groups in total. The quantitative estimate of drug-likeness (QED) is 0.462. The topological polar surface area (TPSA) is 92.3 Å². The second-order valence-electron chi connectivity index (χ2n) is 4.12. The largest absolute Gasteiger partial charge is 0.494 e. The normalized spacial score (nSPS) is 10.3. The summed E-state index contributed by atoms with van der Waals surface area (Å²) in [5, 5.41) is 9.45. The molecule has 2 rings (SSSR count). The fourth-order valence-corrected chi connectivity index (χ4v) is 2.33. The lowest BCUT2D eigenvalue weighted by Crippen LogP contribution is -2.06. The van der Waals surface area contributed by atoms with Gasteiger partial charge in [0.25, 0.3) is 5.56 Å². The van der Waals surface area contributed by atoms with Crippen LogP contribution in [0.5, 0.6) is 5.75 Å². The second kappa shape index (κ2) is 7.49. The molecular weight excluding hydrogens is 292 g/mol. The van der Waals surface area contributed by atoms with Gasteiger partial charge >= 0.3 is 5.97 Å². The molecule has 0 radical (unpaired) electrons. The van der Waals surface area contributed by atoms with Gasteiger partial charge in [0.1, 0.15) is 5.75 Å². The summed E-state index contributed by atoms with van der Waals surface area (Å²) in [7, 11) is 0. The molecule has 0 saturated heterocycles. The molecule has 21 heavy (non-hydrogen) atoms. The van der Waals surface area contributed by atoms with Gasteiger partial charge in [-0.3, -0.25) is 4.79 Å². The van der Waals surface area contributed by atoms with E-state index >= 15 is 0 Å². The molecule has 0 bridgehead atoms. The number of carbonyl (C=O) groups is 1. The van der Waals surface area contributed by atoms with Gasteiger partial charge in [-0.1, -0.05) is 17.8 Å². The van der Waals surface area contributed by atoms with Gasteiger partial charge in [-0.25, -0.2) is 9.78 Å². The fraction of sp³-hybridized carbons (Fsp3) is 0.214. The summed E-state index contributed by atoms with van der Waals surface area (Å²) in [5.74, 6) is 0.298. The number of rotatable bonds is 7. The molecule has 0 aliphatic rings. The molecule has 0 saturated carbocycles. The Morgan fingerprint density at radius 1 is 1.38 bits per heavy atom. The van der Waals surface area contributed by atoms with E-state index in [1.54, 1.807) is 12.1 Å². The zero-order valence-electron chi connectivity index (χ0n) is 11.1. The van der Waals surface area contributed by atoms with Crippen molar-refractivity contribution in [2.24, 2.45) is 0 Å². The number of H-pyrrole nitrogens is 1. The first-order valence-corrected chi connectivity index (χ1v) is 7.28. The van der Waals surface area contributed by atoms with E-state index in [2.05, 4.69) is 9.97 Å². The van der Waals surface area contributed by atoms with Crippen LogP contribution in [0.3, 0.4) is 0 Å². The summed E-state index contributed by atoms with van der Waals surface area (Å²) in [6.07, 6.45) is 2.22.